The molecule has 1 saturated heterocycles. The Balaban J connectivity index is 1.45. The Morgan fingerprint density at radius 1 is 1.15 bits per heavy atom. The van der Waals surface area contributed by atoms with Crippen molar-refractivity contribution in [3.05, 3.63) is 23.8 Å². The molecule has 2 fully saturated rings. The van der Waals surface area contributed by atoms with E-state index in [1.54, 1.807) is 0 Å². The lowest BCUT2D eigenvalue weighted by atomic mass is 9.92. The normalized spacial score (nSPS) is 19.9. The molecule has 3 heterocycles. The van der Waals surface area contributed by atoms with Crippen LogP contribution in [0.3, 0.4) is 0 Å². The molecule has 6 nitrogen and oxygen atoms in total. The number of nitrogens with zero attached hydrogens (tertiary/aromatic N) is 5. The van der Waals surface area contributed by atoms with Crippen LogP contribution in [-0.2, 0) is 11.0 Å². The first kappa shape index (κ1) is 18.2. The van der Waals surface area contributed by atoms with Gasteiger partial charge in [-0.1, -0.05) is 12.8 Å². The van der Waals surface area contributed by atoms with Crippen LogP contribution in [0.1, 0.15) is 62.3 Å². The number of carbonyl (C=O) groups is 1. The maximum Gasteiger partial charge on any atom is 0.433 e. The number of fused-ring (bicyclic) bond motifs is 1. The zero-order chi connectivity index (χ0) is 19.0. The molecular weight excluding hydrogens is 359 g/mol. The van der Waals surface area contributed by atoms with E-state index in [1.165, 1.54) is 12.8 Å². The van der Waals surface area contributed by atoms with Crippen LogP contribution >= 0.6 is 0 Å². The molecule has 0 radical (unpaired) electrons. The largest absolute Gasteiger partial charge is 0.433 e. The quantitative estimate of drug-likeness (QED) is 0.817. The minimum Gasteiger partial charge on any atom is -0.343 e. The smallest absolute Gasteiger partial charge is 0.343 e. The van der Waals surface area contributed by atoms with E-state index >= 15 is 0 Å². The first-order chi connectivity index (χ1) is 12.9. The number of aromatic nitrogens is 4. The molecule has 27 heavy (non-hydrogen) atoms. The first-order valence-corrected chi connectivity index (χ1v) is 9.47. The van der Waals surface area contributed by atoms with E-state index in [4.69, 9.17) is 0 Å². The van der Waals surface area contributed by atoms with Crippen LogP contribution < -0.4 is 0 Å². The zero-order valence-corrected chi connectivity index (χ0v) is 15.0. The average Bonchev–Trinajstić information content (AvgIpc) is 3.31. The standard InChI is InChI=1S/C18H22F3N5O/c19-18(20,21)15-10-14(24-17-22-11-23-26(15)17)13-5-7-25(8-6-13)16(27)9-12-3-1-2-4-12/h10-13H,1-9H2. The molecule has 146 valence electrons. The monoisotopic (exact) mass is 381 g/mol. The van der Waals surface area contributed by atoms with Crippen LogP contribution in [0.15, 0.2) is 12.4 Å². The second-order valence-electron chi connectivity index (χ2n) is 7.55. The Morgan fingerprint density at radius 3 is 2.52 bits per heavy atom. The fourth-order valence-electron chi connectivity index (χ4n) is 4.26. The molecule has 1 amide bonds. The van der Waals surface area contributed by atoms with Crippen LogP contribution in [0, 0.1) is 5.92 Å². The molecule has 1 saturated carbocycles. The minimum atomic E-state index is -4.53. The van der Waals surface area contributed by atoms with E-state index in [2.05, 4.69) is 15.1 Å². The van der Waals surface area contributed by atoms with E-state index < -0.39 is 11.9 Å². The third kappa shape index (κ3) is 3.77. The Labute approximate surface area is 154 Å². The molecule has 9 heteroatoms. The highest BCUT2D eigenvalue weighted by molar-refractivity contribution is 5.76. The first-order valence-electron chi connectivity index (χ1n) is 9.47. The summed E-state index contributed by atoms with van der Waals surface area (Å²) in [6.07, 6.45) is 3.06. The summed E-state index contributed by atoms with van der Waals surface area (Å²) >= 11 is 0. The maximum absolute atomic E-state index is 13.3. The number of hydrogen-bond donors (Lipinski definition) is 0. The fourth-order valence-corrected chi connectivity index (χ4v) is 4.26. The highest BCUT2D eigenvalue weighted by Crippen LogP contribution is 2.34. The third-order valence-electron chi connectivity index (χ3n) is 5.77. The Kier molecular flexibility index (Phi) is 4.77. The third-order valence-corrected chi connectivity index (χ3v) is 5.77. The van der Waals surface area contributed by atoms with Gasteiger partial charge in [-0.15, -0.1) is 0 Å². The van der Waals surface area contributed by atoms with Crippen molar-refractivity contribution in [3.8, 4) is 0 Å². The van der Waals surface area contributed by atoms with Crippen LogP contribution in [0.2, 0.25) is 0 Å². The SMILES string of the molecule is O=C(CC1CCCC1)N1CCC(c2cc(C(F)(F)F)n3ncnc3n2)CC1. The molecule has 4 rings (SSSR count). The molecule has 2 aromatic heterocycles. The lowest BCUT2D eigenvalue weighted by Crippen LogP contribution is -2.38. The van der Waals surface area contributed by atoms with Crippen molar-refractivity contribution in [2.24, 2.45) is 5.92 Å². The second kappa shape index (κ2) is 7.09. The Bertz CT molecular complexity index is 820. The number of likely N-dealkylation sites (tertiary alicyclic amines) is 1. The Hall–Kier alpha value is -2.19. The molecule has 0 aromatic carbocycles. The summed E-state index contributed by atoms with van der Waals surface area (Å²) in [5, 5.41) is 3.63. The predicted molar refractivity (Wildman–Crippen MR) is 90.9 cm³/mol. The van der Waals surface area contributed by atoms with Gasteiger partial charge in [-0.3, -0.25) is 4.79 Å². The fraction of sp³-hybridized carbons (Fsp3) is 0.667. The summed E-state index contributed by atoms with van der Waals surface area (Å²) < 4.78 is 40.7. The van der Waals surface area contributed by atoms with Crippen molar-refractivity contribution in [3.63, 3.8) is 0 Å². The van der Waals surface area contributed by atoms with Gasteiger partial charge in [0.2, 0.25) is 5.91 Å². The van der Waals surface area contributed by atoms with Crippen molar-refractivity contribution < 1.29 is 18.0 Å². The van der Waals surface area contributed by atoms with Crippen molar-refractivity contribution in [1.29, 1.82) is 0 Å². The van der Waals surface area contributed by atoms with Crippen LogP contribution in [0.4, 0.5) is 13.2 Å². The summed E-state index contributed by atoms with van der Waals surface area (Å²) in [6.45, 7) is 1.13. The van der Waals surface area contributed by atoms with E-state index in [0.29, 0.717) is 44.0 Å². The molecule has 1 aliphatic carbocycles. The van der Waals surface area contributed by atoms with Gasteiger partial charge in [0.1, 0.15) is 6.33 Å². The molecule has 0 atom stereocenters. The predicted octanol–water partition coefficient (Wildman–Crippen LogP) is 3.43. The van der Waals surface area contributed by atoms with Gasteiger partial charge < -0.3 is 4.90 Å². The van der Waals surface area contributed by atoms with Gasteiger partial charge in [-0.25, -0.2) is 4.98 Å². The van der Waals surface area contributed by atoms with Crippen LogP contribution in [0.25, 0.3) is 5.78 Å². The van der Waals surface area contributed by atoms with Gasteiger partial charge in [-0.2, -0.15) is 27.8 Å². The van der Waals surface area contributed by atoms with Crippen molar-refractivity contribution in [1.82, 2.24) is 24.5 Å². The van der Waals surface area contributed by atoms with Crippen molar-refractivity contribution in [2.75, 3.05) is 13.1 Å². The van der Waals surface area contributed by atoms with Gasteiger partial charge >= 0.3 is 6.18 Å². The zero-order valence-electron chi connectivity index (χ0n) is 15.0. The van der Waals surface area contributed by atoms with E-state index in [9.17, 15) is 18.0 Å². The van der Waals surface area contributed by atoms with E-state index in [-0.39, 0.29) is 17.6 Å². The number of alkyl halides is 3. The van der Waals surface area contributed by atoms with Gasteiger partial charge in [-0.05, 0) is 37.7 Å². The number of amides is 1. The summed E-state index contributed by atoms with van der Waals surface area (Å²) in [5.74, 6) is 0.529. The van der Waals surface area contributed by atoms with Crippen molar-refractivity contribution in [2.45, 2.75) is 57.0 Å². The van der Waals surface area contributed by atoms with Gasteiger partial charge in [0.05, 0.1) is 0 Å². The summed E-state index contributed by atoms with van der Waals surface area (Å²) in [4.78, 5) is 22.4. The van der Waals surface area contributed by atoms with E-state index in [0.717, 1.165) is 29.8 Å². The van der Waals surface area contributed by atoms with Crippen molar-refractivity contribution >= 4 is 11.7 Å². The molecule has 0 N–H and O–H groups in total. The highest BCUT2D eigenvalue weighted by Gasteiger charge is 2.36. The number of carbonyl (C=O) groups excluding carboxylic acids is 1. The number of halogens is 3. The Morgan fingerprint density at radius 2 is 1.85 bits per heavy atom. The summed E-state index contributed by atoms with van der Waals surface area (Å²) in [5.41, 5.74) is -0.481. The highest BCUT2D eigenvalue weighted by atomic mass is 19.4. The van der Waals surface area contributed by atoms with Gasteiger partial charge in [0.15, 0.2) is 5.69 Å². The van der Waals surface area contributed by atoms with Crippen LogP contribution in [-0.4, -0.2) is 43.5 Å². The van der Waals surface area contributed by atoms with Gasteiger partial charge in [0.25, 0.3) is 5.78 Å². The summed E-state index contributed by atoms with van der Waals surface area (Å²) in [7, 11) is 0. The number of rotatable bonds is 3. The minimum absolute atomic E-state index is 0.0421. The second-order valence-corrected chi connectivity index (χ2v) is 7.55. The lowest BCUT2D eigenvalue weighted by molar-refractivity contribution is -0.142. The molecule has 0 bridgehead atoms. The summed E-state index contributed by atoms with van der Waals surface area (Å²) in [6, 6.07) is 1.07. The molecule has 2 aromatic rings. The number of piperidine rings is 1. The molecular formula is C18H22F3N5O. The molecule has 0 unspecified atom stereocenters. The molecule has 0 spiro atoms. The lowest BCUT2D eigenvalue weighted by Gasteiger charge is -2.32. The molecule has 2 aliphatic rings. The van der Waals surface area contributed by atoms with Crippen LogP contribution in [0.5, 0.6) is 0 Å². The molecule has 1 aliphatic heterocycles. The number of hydrogen-bond acceptors (Lipinski definition) is 4. The topological polar surface area (TPSA) is 63.4 Å². The maximum atomic E-state index is 13.3. The average molecular weight is 381 g/mol. The van der Waals surface area contributed by atoms with Gasteiger partial charge in [0, 0.05) is 31.1 Å². The van der Waals surface area contributed by atoms with E-state index in [1.807, 2.05) is 4.90 Å².